The van der Waals surface area contributed by atoms with Crippen molar-refractivity contribution in [2.75, 3.05) is 5.75 Å². The van der Waals surface area contributed by atoms with Gasteiger partial charge in [0.1, 0.15) is 0 Å². The van der Waals surface area contributed by atoms with E-state index in [-0.39, 0.29) is 17.7 Å². The van der Waals surface area contributed by atoms with E-state index in [2.05, 4.69) is 0 Å². The van der Waals surface area contributed by atoms with Gasteiger partial charge in [-0.2, -0.15) is 0 Å². The molecule has 0 unspecified atom stereocenters. The zero-order chi connectivity index (χ0) is 11.9. The second kappa shape index (κ2) is 4.02. The molecule has 5 heteroatoms. The molecule has 1 aromatic rings. The van der Waals surface area contributed by atoms with Gasteiger partial charge in [-0.25, -0.2) is 8.42 Å². The molecule has 2 N–H and O–H groups in total. The van der Waals surface area contributed by atoms with Crippen molar-refractivity contribution in [3.63, 3.8) is 0 Å². The van der Waals surface area contributed by atoms with Crippen LogP contribution in [0.2, 0.25) is 5.02 Å². The Morgan fingerprint density at radius 2 is 1.88 bits per heavy atom. The minimum absolute atomic E-state index is 0.0674. The molecule has 3 atom stereocenters. The topological polar surface area (TPSA) is 60.2 Å². The summed E-state index contributed by atoms with van der Waals surface area (Å²) in [6.45, 7) is 1.65. The normalized spacial score (nSPS) is 29.1. The summed E-state index contributed by atoms with van der Waals surface area (Å²) in [5.74, 6) is 0.0809. The summed E-state index contributed by atoms with van der Waals surface area (Å²) in [7, 11) is -3.04. The first-order valence-corrected chi connectivity index (χ1v) is 7.29. The molecule has 0 aromatic heterocycles. The fourth-order valence-corrected chi connectivity index (χ4v) is 3.91. The van der Waals surface area contributed by atoms with Gasteiger partial charge in [0, 0.05) is 22.7 Å². The Bertz CT molecular complexity index is 483. The zero-order valence-electron chi connectivity index (χ0n) is 8.93. The fraction of sp³-hybridized carbons (Fsp3) is 0.455. The van der Waals surface area contributed by atoms with Crippen LogP contribution >= 0.6 is 11.6 Å². The lowest BCUT2D eigenvalue weighted by atomic mass is 10.1. The molecule has 1 saturated carbocycles. The van der Waals surface area contributed by atoms with Gasteiger partial charge in [-0.1, -0.05) is 30.7 Å². The molecular formula is C11H14ClNO2S. The van der Waals surface area contributed by atoms with Gasteiger partial charge in [-0.3, -0.25) is 0 Å². The molecular weight excluding hydrogens is 246 g/mol. The number of nitrogens with two attached hydrogens (primary N) is 1. The second-order valence-corrected chi connectivity index (χ2v) is 6.95. The summed E-state index contributed by atoms with van der Waals surface area (Å²) in [4.78, 5) is 0. The van der Waals surface area contributed by atoms with Crippen LogP contribution in [0.1, 0.15) is 18.4 Å². The van der Waals surface area contributed by atoms with Gasteiger partial charge in [-0.05, 0) is 17.7 Å². The van der Waals surface area contributed by atoms with Crippen molar-refractivity contribution in [3.8, 4) is 0 Å². The maximum atomic E-state index is 11.7. The Morgan fingerprint density at radius 1 is 1.31 bits per heavy atom. The van der Waals surface area contributed by atoms with E-state index in [1.54, 1.807) is 19.1 Å². The predicted molar refractivity (Wildman–Crippen MR) is 65.4 cm³/mol. The Morgan fingerprint density at radius 3 is 2.38 bits per heavy atom. The van der Waals surface area contributed by atoms with Crippen LogP contribution in [0.15, 0.2) is 24.3 Å². The molecule has 0 amide bonds. The average molecular weight is 260 g/mol. The molecule has 1 aromatic carbocycles. The Labute approximate surface area is 101 Å². The molecule has 1 fully saturated rings. The molecule has 0 saturated heterocycles. The van der Waals surface area contributed by atoms with Crippen LogP contribution < -0.4 is 5.73 Å². The summed E-state index contributed by atoms with van der Waals surface area (Å²) < 4.78 is 23.4. The molecule has 16 heavy (non-hydrogen) atoms. The first-order valence-electron chi connectivity index (χ1n) is 5.20. The minimum Gasteiger partial charge on any atom is -0.326 e. The molecule has 1 aliphatic carbocycles. The first-order chi connectivity index (χ1) is 7.47. The molecule has 0 radical (unpaired) electrons. The fourth-order valence-electron chi connectivity index (χ4n) is 2.06. The van der Waals surface area contributed by atoms with Crippen molar-refractivity contribution in [1.29, 1.82) is 0 Å². The van der Waals surface area contributed by atoms with Crippen LogP contribution in [-0.4, -0.2) is 25.5 Å². The van der Waals surface area contributed by atoms with Crippen molar-refractivity contribution >= 4 is 21.4 Å². The lowest BCUT2D eigenvalue weighted by Gasteiger charge is -2.00. The highest BCUT2D eigenvalue weighted by atomic mass is 35.5. The third-order valence-corrected chi connectivity index (χ3v) is 5.57. The number of sulfone groups is 1. The molecule has 2 rings (SSSR count). The summed E-state index contributed by atoms with van der Waals surface area (Å²) in [6.07, 6.45) is 0. The van der Waals surface area contributed by atoms with Crippen molar-refractivity contribution in [1.82, 2.24) is 0 Å². The molecule has 3 nitrogen and oxygen atoms in total. The van der Waals surface area contributed by atoms with Crippen molar-refractivity contribution < 1.29 is 8.42 Å². The third kappa shape index (κ3) is 1.97. The molecule has 0 heterocycles. The van der Waals surface area contributed by atoms with E-state index in [0.717, 1.165) is 5.56 Å². The van der Waals surface area contributed by atoms with Crippen LogP contribution in [0.4, 0.5) is 0 Å². The van der Waals surface area contributed by atoms with Crippen LogP contribution in [0.25, 0.3) is 0 Å². The molecule has 1 aliphatic rings. The quantitative estimate of drug-likeness (QED) is 0.896. The predicted octanol–water partition coefficient (Wildman–Crippen LogP) is 1.57. The van der Waals surface area contributed by atoms with Crippen molar-refractivity contribution in [2.45, 2.75) is 24.1 Å². The van der Waals surface area contributed by atoms with E-state index in [1.807, 2.05) is 12.1 Å². The van der Waals surface area contributed by atoms with Gasteiger partial charge >= 0.3 is 0 Å². The Hall–Kier alpha value is -0.580. The average Bonchev–Trinajstić information content (AvgIpc) is 2.92. The summed E-state index contributed by atoms with van der Waals surface area (Å²) in [6, 6.07) is 6.94. The summed E-state index contributed by atoms with van der Waals surface area (Å²) in [5.41, 5.74) is 6.79. The lowest BCUT2D eigenvalue weighted by Crippen LogP contribution is -2.17. The third-order valence-electron chi connectivity index (χ3n) is 3.08. The molecule has 88 valence electrons. The van der Waals surface area contributed by atoms with Gasteiger partial charge in [0.05, 0.1) is 5.25 Å². The summed E-state index contributed by atoms with van der Waals surface area (Å²) in [5, 5.41) is 0.228. The van der Waals surface area contributed by atoms with Crippen molar-refractivity contribution in [3.05, 3.63) is 34.9 Å². The highest BCUT2D eigenvalue weighted by Gasteiger charge is 2.55. The monoisotopic (exact) mass is 259 g/mol. The van der Waals surface area contributed by atoms with Gasteiger partial charge in [0.25, 0.3) is 0 Å². The number of halogens is 1. The van der Waals surface area contributed by atoms with E-state index in [1.165, 1.54) is 0 Å². The number of benzene rings is 1. The van der Waals surface area contributed by atoms with E-state index in [0.29, 0.717) is 5.02 Å². The van der Waals surface area contributed by atoms with E-state index in [4.69, 9.17) is 17.3 Å². The smallest absolute Gasteiger partial charge is 0.155 e. The Kier molecular flexibility index (Phi) is 2.99. The second-order valence-electron chi connectivity index (χ2n) is 4.07. The van der Waals surface area contributed by atoms with Crippen LogP contribution in [0.5, 0.6) is 0 Å². The zero-order valence-corrected chi connectivity index (χ0v) is 10.5. The van der Waals surface area contributed by atoms with E-state index < -0.39 is 15.1 Å². The largest absolute Gasteiger partial charge is 0.326 e. The molecule has 0 spiro atoms. The maximum absolute atomic E-state index is 11.7. The van der Waals surface area contributed by atoms with Gasteiger partial charge in [0.15, 0.2) is 9.84 Å². The highest BCUT2D eigenvalue weighted by Crippen LogP contribution is 2.45. The van der Waals surface area contributed by atoms with Crippen LogP contribution in [0.3, 0.4) is 0 Å². The Balaban J connectivity index is 2.24. The van der Waals surface area contributed by atoms with E-state index >= 15 is 0 Å². The number of hydrogen-bond donors (Lipinski definition) is 1. The minimum atomic E-state index is -3.04. The van der Waals surface area contributed by atoms with Crippen LogP contribution in [-0.2, 0) is 9.84 Å². The lowest BCUT2D eigenvalue weighted by molar-refractivity contribution is 0.594. The standard InChI is InChI=1S/C11H14ClNO2S/c1-2-16(14,15)11-9(10(11)13)7-3-5-8(12)6-4-7/h3-6,9-11H,2,13H2,1H3/t9-,10-,11+/m0/s1. The van der Waals surface area contributed by atoms with Gasteiger partial charge in [0.2, 0.25) is 0 Å². The summed E-state index contributed by atoms with van der Waals surface area (Å²) >= 11 is 5.78. The van der Waals surface area contributed by atoms with E-state index in [9.17, 15) is 8.42 Å². The van der Waals surface area contributed by atoms with Gasteiger partial charge < -0.3 is 5.73 Å². The molecule has 0 aliphatic heterocycles. The van der Waals surface area contributed by atoms with Crippen LogP contribution in [0, 0.1) is 0 Å². The first kappa shape index (κ1) is 11.9. The number of rotatable bonds is 3. The van der Waals surface area contributed by atoms with Gasteiger partial charge in [-0.15, -0.1) is 0 Å². The van der Waals surface area contributed by atoms with Crippen molar-refractivity contribution in [2.24, 2.45) is 5.73 Å². The maximum Gasteiger partial charge on any atom is 0.155 e. The molecule has 0 bridgehead atoms. The number of hydrogen-bond acceptors (Lipinski definition) is 3. The SMILES string of the molecule is CCS(=O)(=O)[C@H]1[C@@H](N)[C@@H]1c1ccc(Cl)cc1. The highest BCUT2D eigenvalue weighted by molar-refractivity contribution is 7.92.